The van der Waals surface area contributed by atoms with Crippen molar-refractivity contribution in [3.8, 4) is 11.5 Å². The van der Waals surface area contributed by atoms with Gasteiger partial charge in [0.2, 0.25) is 0 Å². The minimum atomic E-state index is -0.918. The quantitative estimate of drug-likeness (QED) is 0.574. The van der Waals surface area contributed by atoms with E-state index < -0.39 is 6.10 Å². The Hall–Kier alpha value is -2.63. The molecule has 0 saturated heterocycles. The molecule has 24 heavy (non-hydrogen) atoms. The van der Waals surface area contributed by atoms with Crippen LogP contribution in [0.4, 0.5) is 0 Å². The van der Waals surface area contributed by atoms with Crippen LogP contribution >= 0.6 is 0 Å². The summed E-state index contributed by atoms with van der Waals surface area (Å²) >= 11 is 0. The molecular formula is C19H20O5. The topological polar surface area (TPSA) is 76.0 Å². The molecule has 126 valence electrons. The van der Waals surface area contributed by atoms with Crippen LogP contribution in [0.1, 0.15) is 15.9 Å². The van der Waals surface area contributed by atoms with E-state index in [1.165, 1.54) is 6.08 Å². The maximum Gasteiger partial charge on any atom is 0.185 e. The molecule has 0 fully saturated rings. The van der Waals surface area contributed by atoms with Gasteiger partial charge in [-0.05, 0) is 48.0 Å². The Morgan fingerprint density at radius 2 is 1.71 bits per heavy atom. The zero-order chi connectivity index (χ0) is 17.4. The van der Waals surface area contributed by atoms with E-state index in [0.29, 0.717) is 11.3 Å². The predicted octanol–water partition coefficient (Wildman–Crippen LogP) is 2.32. The van der Waals surface area contributed by atoms with E-state index in [4.69, 9.17) is 14.6 Å². The average Bonchev–Trinajstić information content (AvgIpc) is 2.64. The molecule has 0 heterocycles. The van der Waals surface area contributed by atoms with E-state index in [0.717, 1.165) is 11.3 Å². The van der Waals surface area contributed by atoms with Gasteiger partial charge in [0.25, 0.3) is 0 Å². The van der Waals surface area contributed by atoms with Crippen LogP contribution in [0.2, 0.25) is 0 Å². The third-order valence-electron chi connectivity index (χ3n) is 3.33. The summed E-state index contributed by atoms with van der Waals surface area (Å²) in [5.41, 5.74) is 1.44. The first kappa shape index (κ1) is 17.7. The number of hydrogen-bond acceptors (Lipinski definition) is 5. The summed E-state index contributed by atoms with van der Waals surface area (Å²) in [5.74, 6) is 1.17. The lowest BCUT2D eigenvalue weighted by Gasteiger charge is -2.09. The minimum absolute atomic E-state index is 0.00116. The molecule has 1 unspecified atom stereocenters. The van der Waals surface area contributed by atoms with Crippen LogP contribution in [-0.4, -0.2) is 42.4 Å². The smallest absolute Gasteiger partial charge is 0.185 e. The lowest BCUT2D eigenvalue weighted by molar-refractivity contribution is 0.0536. The molecular weight excluding hydrogens is 308 g/mol. The number of methoxy groups -OCH3 is 1. The summed E-state index contributed by atoms with van der Waals surface area (Å²) in [6, 6.07) is 14.0. The van der Waals surface area contributed by atoms with Crippen LogP contribution in [0.15, 0.2) is 54.6 Å². The van der Waals surface area contributed by atoms with Gasteiger partial charge in [-0.1, -0.05) is 18.2 Å². The molecule has 0 aliphatic carbocycles. The first-order valence-corrected chi connectivity index (χ1v) is 7.50. The van der Waals surface area contributed by atoms with Gasteiger partial charge < -0.3 is 19.7 Å². The molecule has 2 N–H and O–H groups in total. The summed E-state index contributed by atoms with van der Waals surface area (Å²) in [7, 11) is 1.60. The van der Waals surface area contributed by atoms with Gasteiger partial charge in [0, 0.05) is 5.56 Å². The number of aliphatic hydroxyl groups excluding tert-OH is 2. The van der Waals surface area contributed by atoms with Crippen molar-refractivity contribution >= 4 is 11.9 Å². The predicted molar refractivity (Wildman–Crippen MR) is 91.4 cm³/mol. The Kier molecular flexibility index (Phi) is 6.54. The van der Waals surface area contributed by atoms with Crippen molar-refractivity contribution in [1.82, 2.24) is 0 Å². The number of benzene rings is 2. The lowest BCUT2D eigenvalue weighted by Crippen LogP contribution is -2.21. The molecule has 2 aromatic rings. The number of carbonyl (C=O) groups is 1. The van der Waals surface area contributed by atoms with Crippen molar-refractivity contribution in [1.29, 1.82) is 0 Å². The first-order valence-electron chi connectivity index (χ1n) is 7.50. The van der Waals surface area contributed by atoms with Crippen LogP contribution in [-0.2, 0) is 0 Å². The van der Waals surface area contributed by atoms with E-state index in [2.05, 4.69) is 0 Å². The molecule has 5 nitrogen and oxygen atoms in total. The molecule has 2 rings (SSSR count). The molecule has 0 radical (unpaired) electrons. The van der Waals surface area contributed by atoms with Crippen LogP contribution in [0, 0.1) is 0 Å². The molecule has 5 heteroatoms. The maximum absolute atomic E-state index is 12.1. The van der Waals surface area contributed by atoms with Crippen molar-refractivity contribution in [2.75, 3.05) is 20.3 Å². The SMILES string of the molecule is COc1ccc(/C=C/C(=O)c2ccc(OCC(O)CO)cc2)cc1. The second kappa shape index (κ2) is 8.86. The zero-order valence-corrected chi connectivity index (χ0v) is 13.4. The lowest BCUT2D eigenvalue weighted by atomic mass is 10.1. The van der Waals surface area contributed by atoms with Gasteiger partial charge in [-0.15, -0.1) is 0 Å². The maximum atomic E-state index is 12.1. The molecule has 0 aromatic heterocycles. The number of ether oxygens (including phenoxy) is 2. The van der Waals surface area contributed by atoms with E-state index in [1.54, 1.807) is 37.5 Å². The molecule has 1 atom stereocenters. The summed E-state index contributed by atoms with van der Waals surface area (Å²) in [6.07, 6.45) is 2.33. The number of allylic oxidation sites excluding steroid dienone is 1. The van der Waals surface area contributed by atoms with Crippen molar-refractivity contribution < 1.29 is 24.5 Å². The van der Waals surface area contributed by atoms with Crippen LogP contribution < -0.4 is 9.47 Å². The zero-order valence-electron chi connectivity index (χ0n) is 13.4. The minimum Gasteiger partial charge on any atom is -0.497 e. The van der Waals surface area contributed by atoms with Crippen LogP contribution in [0.25, 0.3) is 6.08 Å². The van der Waals surface area contributed by atoms with E-state index in [1.807, 2.05) is 24.3 Å². The number of aliphatic hydroxyl groups is 2. The molecule has 0 aliphatic heterocycles. The highest BCUT2D eigenvalue weighted by Gasteiger charge is 2.05. The third-order valence-corrected chi connectivity index (χ3v) is 3.33. The van der Waals surface area contributed by atoms with Crippen molar-refractivity contribution in [3.63, 3.8) is 0 Å². The van der Waals surface area contributed by atoms with Gasteiger partial charge in [0.15, 0.2) is 5.78 Å². The third kappa shape index (κ3) is 5.22. The highest BCUT2D eigenvalue weighted by molar-refractivity contribution is 6.06. The largest absolute Gasteiger partial charge is 0.497 e. The number of rotatable bonds is 8. The van der Waals surface area contributed by atoms with E-state index in [9.17, 15) is 9.90 Å². The fraction of sp³-hybridized carbons (Fsp3) is 0.211. The number of carbonyl (C=O) groups excluding carboxylic acids is 1. The molecule has 0 bridgehead atoms. The average molecular weight is 328 g/mol. The molecule has 0 spiro atoms. The normalized spacial score (nSPS) is 12.1. The Morgan fingerprint density at radius 1 is 1.08 bits per heavy atom. The van der Waals surface area contributed by atoms with Gasteiger partial charge in [-0.2, -0.15) is 0 Å². The highest BCUT2D eigenvalue weighted by atomic mass is 16.5. The Morgan fingerprint density at radius 3 is 2.29 bits per heavy atom. The van der Waals surface area contributed by atoms with Gasteiger partial charge in [-0.3, -0.25) is 4.79 Å². The summed E-state index contributed by atoms with van der Waals surface area (Å²) < 4.78 is 10.4. The Bertz CT molecular complexity index is 674. The molecule has 0 aliphatic rings. The van der Waals surface area contributed by atoms with Gasteiger partial charge >= 0.3 is 0 Å². The van der Waals surface area contributed by atoms with Crippen molar-refractivity contribution in [3.05, 3.63) is 65.7 Å². The Balaban J connectivity index is 1.95. The summed E-state index contributed by atoms with van der Waals surface area (Å²) in [5, 5.41) is 17.9. The fourth-order valence-electron chi connectivity index (χ4n) is 1.94. The van der Waals surface area contributed by atoms with E-state index >= 15 is 0 Å². The van der Waals surface area contributed by atoms with E-state index in [-0.39, 0.29) is 19.0 Å². The first-order chi connectivity index (χ1) is 11.6. The van der Waals surface area contributed by atoms with Crippen molar-refractivity contribution in [2.45, 2.75) is 6.10 Å². The Labute approximate surface area is 140 Å². The van der Waals surface area contributed by atoms with Gasteiger partial charge in [0.1, 0.15) is 24.2 Å². The van der Waals surface area contributed by atoms with Crippen LogP contribution in [0.3, 0.4) is 0 Å². The summed E-state index contributed by atoms with van der Waals surface area (Å²) in [4.78, 5) is 12.1. The van der Waals surface area contributed by atoms with Crippen LogP contribution in [0.5, 0.6) is 11.5 Å². The fourth-order valence-corrected chi connectivity index (χ4v) is 1.94. The van der Waals surface area contributed by atoms with Gasteiger partial charge in [0.05, 0.1) is 13.7 Å². The second-order valence-corrected chi connectivity index (χ2v) is 5.14. The monoisotopic (exact) mass is 328 g/mol. The number of hydrogen-bond donors (Lipinski definition) is 2. The molecule has 2 aromatic carbocycles. The van der Waals surface area contributed by atoms with Gasteiger partial charge in [-0.25, -0.2) is 0 Å². The standard InChI is InChI=1S/C19H20O5/c1-23-17-7-2-14(3-8-17)4-11-19(22)15-5-9-18(10-6-15)24-13-16(21)12-20/h2-11,16,20-21H,12-13H2,1H3/b11-4+. The second-order valence-electron chi connectivity index (χ2n) is 5.14. The van der Waals surface area contributed by atoms with Crippen molar-refractivity contribution in [2.24, 2.45) is 0 Å². The number of ketones is 1. The molecule has 0 saturated carbocycles. The highest BCUT2D eigenvalue weighted by Crippen LogP contribution is 2.15. The summed E-state index contributed by atoms with van der Waals surface area (Å²) in [6.45, 7) is -0.353. The molecule has 0 amide bonds.